The van der Waals surface area contributed by atoms with Crippen LogP contribution >= 0.6 is 0 Å². The van der Waals surface area contributed by atoms with Crippen molar-refractivity contribution in [1.82, 2.24) is 34.3 Å². The Bertz CT molecular complexity index is 1730. The van der Waals surface area contributed by atoms with Gasteiger partial charge in [0.1, 0.15) is 17.8 Å². The van der Waals surface area contributed by atoms with Gasteiger partial charge in [0.2, 0.25) is 5.95 Å². The van der Waals surface area contributed by atoms with Crippen LogP contribution < -0.4 is 11.1 Å². The normalized spacial score (nSPS) is 20.4. The van der Waals surface area contributed by atoms with E-state index in [2.05, 4.69) is 75.2 Å². The van der Waals surface area contributed by atoms with Crippen molar-refractivity contribution in [1.29, 1.82) is 0 Å². The minimum atomic E-state index is 0.414. The number of likely N-dealkylation sites (N-methyl/N-ethyl adjacent to an activating group) is 1. The molecule has 216 valence electrons. The van der Waals surface area contributed by atoms with E-state index in [4.69, 9.17) is 20.7 Å². The molecule has 9 nitrogen and oxygen atoms in total. The Morgan fingerprint density at radius 3 is 2.33 bits per heavy atom. The fourth-order valence-electron chi connectivity index (χ4n) is 6.98. The number of rotatable bonds is 5. The average molecular weight is 562 g/mol. The number of anilines is 3. The SMILES string of the molecule is Cc1cccc2nc(Nc3ccc(-c4cn(C5CCC(N6CCN(C)CC6)CC5)c5ncnc(N)c45)cc3)nc(C)c12. The van der Waals surface area contributed by atoms with E-state index in [9.17, 15) is 0 Å². The third-order valence-corrected chi connectivity index (χ3v) is 9.32. The molecular formula is C33H39N9. The first-order chi connectivity index (χ1) is 20.4. The zero-order valence-electron chi connectivity index (χ0n) is 24.7. The van der Waals surface area contributed by atoms with E-state index in [1.54, 1.807) is 6.33 Å². The number of fused-ring (bicyclic) bond motifs is 2. The zero-order chi connectivity index (χ0) is 28.8. The highest BCUT2D eigenvalue weighted by Gasteiger charge is 2.30. The standard InChI is InChI=1S/C33H39N9/c1-21-5-4-6-28-29(21)22(2)37-33(39-28)38-24-9-7-23(8-10-24)27-19-42(32-30(27)31(34)35-20-36-32)26-13-11-25(12-14-26)41-17-15-40(3)16-18-41/h4-10,19-20,25-26H,11-18H2,1-3H3,(H2,34,35,36)(H,37,38,39). The van der Waals surface area contributed by atoms with Gasteiger partial charge in [-0.15, -0.1) is 0 Å². The monoisotopic (exact) mass is 561 g/mol. The van der Waals surface area contributed by atoms with Gasteiger partial charge in [-0.2, -0.15) is 0 Å². The minimum absolute atomic E-state index is 0.414. The molecule has 7 rings (SSSR count). The molecular weight excluding hydrogens is 522 g/mol. The van der Waals surface area contributed by atoms with Crippen LogP contribution in [0.25, 0.3) is 33.1 Å². The summed E-state index contributed by atoms with van der Waals surface area (Å²) in [4.78, 5) is 23.7. The lowest BCUT2D eigenvalue weighted by Gasteiger charge is -2.41. The number of aryl methyl sites for hydroxylation is 2. The molecule has 2 fully saturated rings. The Labute approximate surface area is 246 Å². The summed E-state index contributed by atoms with van der Waals surface area (Å²) in [5.41, 5.74) is 13.6. The largest absolute Gasteiger partial charge is 0.383 e. The Kier molecular flexibility index (Phi) is 6.99. The van der Waals surface area contributed by atoms with Crippen molar-refractivity contribution in [3.8, 4) is 11.1 Å². The number of aromatic nitrogens is 5. The van der Waals surface area contributed by atoms with Crippen molar-refractivity contribution in [2.24, 2.45) is 0 Å². The lowest BCUT2D eigenvalue weighted by molar-refractivity contribution is 0.0828. The highest BCUT2D eigenvalue weighted by molar-refractivity contribution is 6.00. The second-order valence-electron chi connectivity index (χ2n) is 12.0. The Hall–Kier alpha value is -4.08. The molecule has 0 spiro atoms. The summed E-state index contributed by atoms with van der Waals surface area (Å²) in [7, 11) is 2.22. The summed E-state index contributed by atoms with van der Waals surface area (Å²) in [6.45, 7) is 8.84. The lowest BCUT2D eigenvalue weighted by atomic mass is 9.89. The number of nitrogens with two attached hydrogens (primary N) is 1. The number of nitrogens with one attached hydrogen (secondary N) is 1. The van der Waals surface area contributed by atoms with Gasteiger partial charge in [-0.05, 0) is 75.9 Å². The molecule has 2 aliphatic rings. The summed E-state index contributed by atoms with van der Waals surface area (Å²) in [6.07, 6.45) is 8.58. The van der Waals surface area contributed by atoms with Gasteiger partial charge in [-0.25, -0.2) is 19.9 Å². The molecule has 4 heterocycles. The smallest absolute Gasteiger partial charge is 0.228 e. The number of benzene rings is 2. The van der Waals surface area contributed by atoms with Gasteiger partial charge >= 0.3 is 0 Å². The summed E-state index contributed by atoms with van der Waals surface area (Å²) >= 11 is 0. The van der Waals surface area contributed by atoms with E-state index >= 15 is 0 Å². The van der Waals surface area contributed by atoms with Crippen molar-refractivity contribution in [2.75, 3.05) is 44.3 Å². The predicted octanol–water partition coefficient (Wildman–Crippen LogP) is 5.72. The highest BCUT2D eigenvalue weighted by Crippen LogP contribution is 2.39. The van der Waals surface area contributed by atoms with Crippen molar-refractivity contribution in [3.63, 3.8) is 0 Å². The first kappa shape index (κ1) is 26.8. The lowest BCUT2D eigenvalue weighted by Crippen LogP contribution is -2.49. The molecule has 0 bridgehead atoms. The Balaban J connectivity index is 1.13. The van der Waals surface area contributed by atoms with E-state index in [0.29, 0.717) is 23.8 Å². The van der Waals surface area contributed by atoms with Gasteiger partial charge in [0.25, 0.3) is 0 Å². The number of nitrogen functional groups attached to an aromatic ring is 1. The average Bonchev–Trinajstić information content (AvgIpc) is 3.39. The third kappa shape index (κ3) is 4.97. The molecule has 1 aliphatic heterocycles. The maximum absolute atomic E-state index is 6.47. The first-order valence-electron chi connectivity index (χ1n) is 15.1. The summed E-state index contributed by atoms with van der Waals surface area (Å²) in [5.74, 6) is 1.12. The second kappa shape index (κ2) is 11.0. The molecule has 1 saturated carbocycles. The van der Waals surface area contributed by atoms with Crippen LogP contribution in [0.4, 0.5) is 17.5 Å². The Morgan fingerprint density at radius 1 is 0.833 bits per heavy atom. The Morgan fingerprint density at radius 2 is 1.57 bits per heavy atom. The third-order valence-electron chi connectivity index (χ3n) is 9.32. The van der Waals surface area contributed by atoms with Crippen LogP contribution in [0.2, 0.25) is 0 Å². The van der Waals surface area contributed by atoms with Crippen LogP contribution in [0, 0.1) is 13.8 Å². The summed E-state index contributed by atoms with van der Waals surface area (Å²) in [5, 5.41) is 5.44. The van der Waals surface area contributed by atoms with Crippen molar-refractivity contribution in [3.05, 3.63) is 66.2 Å². The van der Waals surface area contributed by atoms with Gasteiger partial charge in [0.15, 0.2) is 0 Å². The van der Waals surface area contributed by atoms with E-state index in [1.807, 2.05) is 19.1 Å². The zero-order valence-corrected chi connectivity index (χ0v) is 24.7. The van der Waals surface area contributed by atoms with Crippen LogP contribution in [0.15, 0.2) is 55.0 Å². The molecule has 0 radical (unpaired) electrons. The van der Waals surface area contributed by atoms with Crippen molar-refractivity contribution in [2.45, 2.75) is 51.6 Å². The van der Waals surface area contributed by atoms with Gasteiger partial charge in [-0.3, -0.25) is 4.90 Å². The molecule has 0 amide bonds. The predicted molar refractivity (Wildman–Crippen MR) is 170 cm³/mol. The van der Waals surface area contributed by atoms with E-state index in [-0.39, 0.29) is 0 Å². The van der Waals surface area contributed by atoms with Gasteiger partial charge in [0.05, 0.1) is 16.6 Å². The quantitative estimate of drug-likeness (QED) is 0.281. The molecule has 1 saturated heterocycles. The first-order valence-corrected chi connectivity index (χ1v) is 15.1. The minimum Gasteiger partial charge on any atom is -0.383 e. The molecule has 9 heteroatoms. The van der Waals surface area contributed by atoms with Crippen LogP contribution in [0.3, 0.4) is 0 Å². The maximum atomic E-state index is 6.47. The summed E-state index contributed by atoms with van der Waals surface area (Å²) < 4.78 is 2.36. The van der Waals surface area contributed by atoms with Gasteiger partial charge < -0.3 is 20.5 Å². The molecule has 1 aliphatic carbocycles. The van der Waals surface area contributed by atoms with Crippen molar-refractivity contribution >= 4 is 39.4 Å². The fourth-order valence-corrected chi connectivity index (χ4v) is 6.98. The summed E-state index contributed by atoms with van der Waals surface area (Å²) in [6, 6.07) is 15.6. The maximum Gasteiger partial charge on any atom is 0.228 e. The van der Waals surface area contributed by atoms with Crippen LogP contribution in [0.1, 0.15) is 43.0 Å². The molecule has 0 unspecified atom stereocenters. The molecule has 3 aromatic heterocycles. The van der Waals surface area contributed by atoms with Gasteiger partial charge in [-0.1, -0.05) is 24.3 Å². The van der Waals surface area contributed by atoms with Crippen LogP contribution in [-0.4, -0.2) is 73.6 Å². The topological polar surface area (TPSA) is 101 Å². The van der Waals surface area contributed by atoms with Gasteiger partial charge in [0, 0.05) is 61.1 Å². The second-order valence-corrected chi connectivity index (χ2v) is 12.0. The van der Waals surface area contributed by atoms with E-state index < -0.39 is 0 Å². The van der Waals surface area contributed by atoms with Crippen LogP contribution in [-0.2, 0) is 0 Å². The van der Waals surface area contributed by atoms with E-state index in [0.717, 1.165) is 57.3 Å². The number of hydrogen-bond donors (Lipinski definition) is 2. The number of piperazine rings is 1. The number of nitrogens with zero attached hydrogens (tertiary/aromatic N) is 7. The molecule has 5 aromatic rings. The van der Waals surface area contributed by atoms with Crippen LogP contribution in [0.5, 0.6) is 0 Å². The van der Waals surface area contributed by atoms with Crippen molar-refractivity contribution < 1.29 is 0 Å². The molecule has 2 aromatic carbocycles. The number of hydrogen-bond acceptors (Lipinski definition) is 8. The fraction of sp³-hybridized carbons (Fsp3) is 0.394. The molecule has 42 heavy (non-hydrogen) atoms. The highest BCUT2D eigenvalue weighted by atomic mass is 15.3. The molecule has 0 atom stereocenters. The van der Waals surface area contributed by atoms with E-state index in [1.165, 1.54) is 44.6 Å². The molecule has 3 N–H and O–H groups in total.